The maximum Gasteiger partial charge on any atom is 0.275 e. The number of aromatic nitrogens is 3. The molecule has 1 aromatic rings. The molecule has 1 unspecified atom stereocenters. The number of hydrogen-bond donors (Lipinski definition) is 1. The molecular weight excluding hydrogens is 244 g/mol. The quantitative estimate of drug-likeness (QED) is 0.759. The fourth-order valence-corrected chi connectivity index (χ4v) is 2.48. The van der Waals surface area contributed by atoms with Gasteiger partial charge >= 0.3 is 0 Å². The highest BCUT2D eigenvalue weighted by atomic mass is 16.2. The molecule has 0 saturated carbocycles. The Balaban J connectivity index is 1.90. The first-order chi connectivity index (χ1) is 9.10. The summed E-state index contributed by atoms with van der Waals surface area (Å²) >= 11 is 0. The van der Waals surface area contributed by atoms with Gasteiger partial charge in [0.1, 0.15) is 0 Å². The molecule has 2 heterocycles. The van der Waals surface area contributed by atoms with Crippen LogP contribution in [0.3, 0.4) is 0 Å². The average molecular weight is 266 g/mol. The first-order valence-electron chi connectivity index (χ1n) is 6.64. The molecule has 0 aliphatic carbocycles. The molecule has 2 rings (SSSR count). The van der Waals surface area contributed by atoms with E-state index in [1.165, 1.54) is 0 Å². The smallest absolute Gasteiger partial charge is 0.275 e. The molecule has 1 saturated heterocycles. The van der Waals surface area contributed by atoms with Gasteiger partial charge in [0.25, 0.3) is 5.91 Å². The minimum Gasteiger partial charge on any atom is -0.340 e. The van der Waals surface area contributed by atoms with E-state index in [1.54, 1.807) is 15.8 Å². The Morgan fingerprint density at radius 3 is 3.05 bits per heavy atom. The van der Waals surface area contributed by atoms with Gasteiger partial charge < -0.3 is 15.5 Å². The Kier molecular flexibility index (Phi) is 4.49. The summed E-state index contributed by atoms with van der Waals surface area (Å²) < 4.78 is 1.60. The lowest BCUT2D eigenvalue weighted by molar-refractivity contribution is 0.0768. The molecule has 7 heteroatoms. The summed E-state index contributed by atoms with van der Waals surface area (Å²) in [5, 5.41) is 7.79. The van der Waals surface area contributed by atoms with Crippen LogP contribution in [0.15, 0.2) is 6.20 Å². The largest absolute Gasteiger partial charge is 0.340 e. The number of likely N-dealkylation sites (tertiary alicyclic amines) is 1. The summed E-state index contributed by atoms with van der Waals surface area (Å²) in [5.41, 5.74) is 5.83. The van der Waals surface area contributed by atoms with Crippen molar-refractivity contribution in [1.29, 1.82) is 0 Å². The number of carbonyl (C=O) groups is 1. The van der Waals surface area contributed by atoms with Gasteiger partial charge in [-0.25, -0.2) is 0 Å². The van der Waals surface area contributed by atoms with E-state index < -0.39 is 0 Å². The molecule has 0 aromatic carbocycles. The van der Waals surface area contributed by atoms with Gasteiger partial charge in [0.05, 0.1) is 12.7 Å². The first kappa shape index (κ1) is 14.0. The monoisotopic (exact) mass is 266 g/mol. The predicted octanol–water partition coefficient (Wildman–Crippen LogP) is -0.739. The van der Waals surface area contributed by atoms with Gasteiger partial charge in [-0.15, -0.1) is 5.10 Å². The van der Waals surface area contributed by atoms with Gasteiger partial charge in [0, 0.05) is 26.7 Å². The van der Waals surface area contributed by atoms with Gasteiger partial charge in [-0.1, -0.05) is 5.21 Å². The van der Waals surface area contributed by atoms with Crippen molar-refractivity contribution in [3.8, 4) is 0 Å². The van der Waals surface area contributed by atoms with Crippen molar-refractivity contribution in [3.05, 3.63) is 11.9 Å². The number of amides is 1. The third kappa shape index (κ3) is 3.51. The summed E-state index contributed by atoms with van der Waals surface area (Å²) in [5.74, 6) is 0.482. The van der Waals surface area contributed by atoms with E-state index in [-0.39, 0.29) is 5.91 Å². The number of rotatable bonds is 5. The van der Waals surface area contributed by atoms with Gasteiger partial charge in [-0.3, -0.25) is 9.48 Å². The molecule has 1 fully saturated rings. The van der Waals surface area contributed by atoms with Crippen LogP contribution in [-0.2, 0) is 6.54 Å². The minimum atomic E-state index is -0.0715. The van der Waals surface area contributed by atoms with Crippen LogP contribution in [-0.4, -0.2) is 71.0 Å². The van der Waals surface area contributed by atoms with E-state index in [0.717, 1.165) is 26.1 Å². The molecule has 1 aliphatic rings. The summed E-state index contributed by atoms with van der Waals surface area (Å²) in [6, 6.07) is 0. The zero-order valence-electron chi connectivity index (χ0n) is 11.6. The second-order valence-electron chi connectivity index (χ2n) is 5.26. The Hall–Kier alpha value is -1.47. The Morgan fingerprint density at radius 1 is 1.63 bits per heavy atom. The third-order valence-corrected chi connectivity index (χ3v) is 3.48. The molecule has 1 atom stereocenters. The van der Waals surface area contributed by atoms with Crippen LogP contribution < -0.4 is 5.73 Å². The SMILES string of the molecule is CN1CCC(CN(C)C(=O)c2cn(CCN)nn2)C1. The van der Waals surface area contributed by atoms with Crippen molar-refractivity contribution >= 4 is 5.91 Å². The normalized spacial score (nSPS) is 19.8. The van der Waals surface area contributed by atoms with Crippen molar-refractivity contribution in [3.63, 3.8) is 0 Å². The molecule has 1 aromatic heterocycles. The molecule has 0 radical (unpaired) electrons. The highest BCUT2D eigenvalue weighted by Gasteiger charge is 2.24. The van der Waals surface area contributed by atoms with Crippen LogP contribution in [0.4, 0.5) is 0 Å². The van der Waals surface area contributed by atoms with Gasteiger partial charge in [-0.2, -0.15) is 0 Å². The molecule has 1 aliphatic heterocycles. The van der Waals surface area contributed by atoms with Gasteiger partial charge in [-0.05, 0) is 25.9 Å². The van der Waals surface area contributed by atoms with Crippen molar-refractivity contribution in [2.24, 2.45) is 11.7 Å². The van der Waals surface area contributed by atoms with E-state index in [9.17, 15) is 4.79 Å². The molecule has 0 bridgehead atoms. The molecule has 106 valence electrons. The molecule has 2 N–H and O–H groups in total. The van der Waals surface area contributed by atoms with E-state index in [0.29, 0.717) is 24.7 Å². The van der Waals surface area contributed by atoms with Crippen molar-refractivity contribution in [2.45, 2.75) is 13.0 Å². The van der Waals surface area contributed by atoms with E-state index >= 15 is 0 Å². The Labute approximate surface area is 113 Å². The zero-order valence-corrected chi connectivity index (χ0v) is 11.6. The molecule has 7 nitrogen and oxygen atoms in total. The van der Waals surface area contributed by atoms with Gasteiger partial charge in [0.2, 0.25) is 0 Å². The molecule has 1 amide bonds. The van der Waals surface area contributed by atoms with E-state index in [1.807, 2.05) is 7.05 Å². The zero-order chi connectivity index (χ0) is 13.8. The number of nitrogens with two attached hydrogens (primary N) is 1. The lowest BCUT2D eigenvalue weighted by Gasteiger charge is -2.20. The molecular formula is C12H22N6O. The maximum atomic E-state index is 12.2. The number of carbonyl (C=O) groups excluding carboxylic acids is 1. The maximum absolute atomic E-state index is 12.2. The molecule has 0 spiro atoms. The van der Waals surface area contributed by atoms with Crippen molar-refractivity contribution < 1.29 is 4.79 Å². The number of nitrogens with zero attached hydrogens (tertiary/aromatic N) is 5. The van der Waals surface area contributed by atoms with Crippen LogP contribution in [0.1, 0.15) is 16.9 Å². The van der Waals surface area contributed by atoms with E-state index in [2.05, 4.69) is 22.3 Å². The van der Waals surface area contributed by atoms with Crippen LogP contribution in [0.25, 0.3) is 0 Å². The minimum absolute atomic E-state index is 0.0715. The molecule has 19 heavy (non-hydrogen) atoms. The Bertz CT molecular complexity index is 432. The van der Waals surface area contributed by atoms with Gasteiger partial charge in [0.15, 0.2) is 5.69 Å². The summed E-state index contributed by atoms with van der Waals surface area (Å²) in [6.45, 7) is 4.00. The fourth-order valence-electron chi connectivity index (χ4n) is 2.48. The average Bonchev–Trinajstić information content (AvgIpc) is 2.98. The first-order valence-corrected chi connectivity index (χ1v) is 6.64. The van der Waals surface area contributed by atoms with Crippen LogP contribution in [0.2, 0.25) is 0 Å². The van der Waals surface area contributed by atoms with Crippen LogP contribution >= 0.6 is 0 Å². The number of hydrogen-bond acceptors (Lipinski definition) is 5. The van der Waals surface area contributed by atoms with E-state index in [4.69, 9.17) is 5.73 Å². The highest BCUT2D eigenvalue weighted by Crippen LogP contribution is 2.15. The van der Waals surface area contributed by atoms with Crippen molar-refractivity contribution in [1.82, 2.24) is 24.8 Å². The Morgan fingerprint density at radius 2 is 2.42 bits per heavy atom. The summed E-state index contributed by atoms with van der Waals surface area (Å²) in [7, 11) is 3.93. The van der Waals surface area contributed by atoms with Crippen molar-refractivity contribution in [2.75, 3.05) is 40.3 Å². The topological polar surface area (TPSA) is 80.3 Å². The standard InChI is InChI=1S/C12H22N6O/c1-16-5-3-10(7-16)8-17(2)12(19)11-9-18(6-4-13)15-14-11/h9-10H,3-8,13H2,1-2H3. The lowest BCUT2D eigenvalue weighted by Crippen LogP contribution is -2.33. The highest BCUT2D eigenvalue weighted by molar-refractivity contribution is 5.91. The predicted molar refractivity (Wildman–Crippen MR) is 71.6 cm³/mol. The van der Waals surface area contributed by atoms with Crippen LogP contribution in [0, 0.1) is 5.92 Å². The lowest BCUT2D eigenvalue weighted by atomic mass is 10.1. The second kappa shape index (κ2) is 6.12. The third-order valence-electron chi connectivity index (χ3n) is 3.48. The summed E-state index contributed by atoms with van der Waals surface area (Å²) in [4.78, 5) is 16.2. The second-order valence-corrected chi connectivity index (χ2v) is 5.26. The fraction of sp³-hybridized carbons (Fsp3) is 0.750. The van der Waals surface area contributed by atoms with Crippen LogP contribution in [0.5, 0.6) is 0 Å². The summed E-state index contributed by atoms with van der Waals surface area (Å²) in [6.07, 6.45) is 2.81.